The molecule has 12 heavy (non-hydrogen) atoms. The van der Waals surface area contributed by atoms with Crippen molar-refractivity contribution in [3.05, 3.63) is 0 Å². The number of hydrogen-bond acceptors (Lipinski definition) is 2. The van der Waals surface area contributed by atoms with E-state index in [1.807, 2.05) is 13.8 Å². The SMILES string of the molecule is CC(C)C(=O)NCCC1CNC1. The molecule has 0 aromatic heterocycles. The van der Waals surface area contributed by atoms with Gasteiger partial charge in [-0.2, -0.15) is 0 Å². The van der Waals surface area contributed by atoms with Crippen molar-refractivity contribution in [3.63, 3.8) is 0 Å². The maximum Gasteiger partial charge on any atom is 0.222 e. The number of nitrogens with one attached hydrogen (secondary N) is 2. The van der Waals surface area contributed by atoms with Crippen molar-refractivity contribution < 1.29 is 4.79 Å². The summed E-state index contributed by atoms with van der Waals surface area (Å²) in [5.74, 6) is 1.07. The lowest BCUT2D eigenvalue weighted by atomic mass is 9.99. The Kier molecular flexibility index (Phi) is 3.53. The van der Waals surface area contributed by atoms with Crippen LogP contribution in [-0.2, 0) is 4.79 Å². The Morgan fingerprint density at radius 1 is 1.58 bits per heavy atom. The predicted molar refractivity (Wildman–Crippen MR) is 48.8 cm³/mol. The van der Waals surface area contributed by atoms with Crippen LogP contribution in [0.3, 0.4) is 0 Å². The number of hydrogen-bond donors (Lipinski definition) is 2. The summed E-state index contributed by atoms with van der Waals surface area (Å²) in [5.41, 5.74) is 0. The van der Waals surface area contributed by atoms with Crippen molar-refractivity contribution in [1.82, 2.24) is 10.6 Å². The minimum Gasteiger partial charge on any atom is -0.356 e. The molecule has 1 aliphatic rings. The van der Waals surface area contributed by atoms with E-state index in [0.717, 1.165) is 32.0 Å². The Labute approximate surface area is 73.9 Å². The van der Waals surface area contributed by atoms with Gasteiger partial charge in [-0.05, 0) is 25.4 Å². The molecule has 2 N–H and O–H groups in total. The van der Waals surface area contributed by atoms with Crippen molar-refractivity contribution in [3.8, 4) is 0 Å². The van der Waals surface area contributed by atoms with Crippen molar-refractivity contribution in [2.45, 2.75) is 20.3 Å². The van der Waals surface area contributed by atoms with Gasteiger partial charge in [-0.1, -0.05) is 13.8 Å². The van der Waals surface area contributed by atoms with E-state index in [1.54, 1.807) is 0 Å². The molecule has 1 rings (SSSR count). The molecule has 1 saturated heterocycles. The zero-order valence-electron chi connectivity index (χ0n) is 7.89. The maximum atomic E-state index is 11.1. The fourth-order valence-corrected chi connectivity index (χ4v) is 1.16. The Bertz CT molecular complexity index is 153. The molecule has 0 aliphatic carbocycles. The third-order valence-corrected chi connectivity index (χ3v) is 2.24. The van der Waals surface area contributed by atoms with Gasteiger partial charge >= 0.3 is 0 Å². The van der Waals surface area contributed by atoms with Crippen LogP contribution in [0.15, 0.2) is 0 Å². The predicted octanol–water partition coefficient (Wildman–Crippen LogP) is 0.368. The largest absolute Gasteiger partial charge is 0.356 e. The lowest BCUT2D eigenvalue weighted by Gasteiger charge is -2.27. The van der Waals surface area contributed by atoms with Crippen molar-refractivity contribution in [1.29, 1.82) is 0 Å². The summed E-state index contributed by atoms with van der Waals surface area (Å²) >= 11 is 0. The first-order valence-corrected chi connectivity index (χ1v) is 4.68. The quantitative estimate of drug-likeness (QED) is 0.640. The van der Waals surface area contributed by atoms with Gasteiger partial charge in [0.15, 0.2) is 0 Å². The zero-order valence-corrected chi connectivity index (χ0v) is 7.89. The summed E-state index contributed by atoms with van der Waals surface area (Å²) in [6.45, 7) is 6.92. The summed E-state index contributed by atoms with van der Waals surface area (Å²) < 4.78 is 0. The lowest BCUT2D eigenvalue weighted by Crippen LogP contribution is -2.43. The number of amides is 1. The summed E-state index contributed by atoms with van der Waals surface area (Å²) in [6.07, 6.45) is 1.12. The molecule has 0 aromatic carbocycles. The van der Waals surface area contributed by atoms with Crippen molar-refractivity contribution >= 4 is 5.91 Å². The van der Waals surface area contributed by atoms with E-state index in [4.69, 9.17) is 0 Å². The van der Waals surface area contributed by atoms with Gasteiger partial charge in [0.1, 0.15) is 0 Å². The third kappa shape index (κ3) is 2.81. The van der Waals surface area contributed by atoms with E-state index in [2.05, 4.69) is 10.6 Å². The van der Waals surface area contributed by atoms with Crippen LogP contribution in [0.2, 0.25) is 0 Å². The fourth-order valence-electron chi connectivity index (χ4n) is 1.16. The summed E-state index contributed by atoms with van der Waals surface area (Å²) in [4.78, 5) is 11.1. The minimum atomic E-state index is 0.115. The van der Waals surface area contributed by atoms with E-state index >= 15 is 0 Å². The summed E-state index contributed by atoms with van der Waals surface area (Å²) in [6, 6.07) is 0. The van der Waals surface area contributed by atoms with Crippen LogP contribution < -0.4 is 10.6 Å². The Hall–Kier alpha value is -0.570. The third-order valence-electron chi connectivity index (χ3n) is 2.24. The second kappa shape index (κ2) is 4.45. The molecule has 70 valence electrons. The monoisotopic (exact) mass is 170 g/mol. The first-order chi connectivity index (χ1) is 5.70. The van der Waals surface area contributed by atoms with Crippen LogP contribution in [0.25, 0.3) is 0 Å². The highest BCUT2D eigenvalue weighted by Crippen LogP contribution is 2.06. The van der Waals surface area contributed by atoms with E-state index in [1.165, 1.54) is 0 Å². The molecule has 0 unspecified atom stereocenters. The maximum absolute atomic E-state index is 11.1. The summed E-state index contributed by atoms with van der Waals surface area (Å²) in [7, 11) is 0. The van der Waals surface area contributed by atoms with E-state index in [9.17, 15) is 4.79 Å². The Morgan fingerprint density at radius 3 is 2.67 bits per heavy atom. The van der Waals surface area contributed by atoms with Crippen LogP contribution in [0, 0.1) is 11.8 Å². The van der Waals surface area contributed by atoms with Gasteiger partial charge in [0, 0.05) is 12.5 Å². The van der Waals surface area contributed by atoms with Gasteiger partial charge in [0.25, 0.3) is 0 Å². The smallest absolute Gasteiger partial charge is 0.222 e. The molecule has 0 aromatic rings. The average Bonchev–Trinajstić information content (AvgIpc) is 1.93. The number of rotatable bonds is 4. The highest BCUT2D eigenvalue weighted by atomic mass is 16.1. The molecule has 0 bridgehead atoms. The molecule has 3 nitrogen and oxygen atoms in total. The molecule has 0 atom stereocenters. The van der Waals surface area contributed by atoms with Gasteiger partial charge in [-0.15, -0.1) is 0 Å². The lowest BCUT2D eigenvalue weighted by molar-refractivity contribution is -0.124. The zero-order chi connectivity index (χ0) is 8.97. The topological polar surface area (TPSA) is 41.1 Å². The van der Waals surface area contributed by atoms with Crippen LogP contribution in [-0.4, -0.2) is 25.5 Å². The molecular weight excluding hydrogens is 152 g/mol. The Morgan fingerprint density at radius 2 is 2.25 bits per heavy atom. The molecular formula is C9H18N2O. The Balaban J connectivity index is 1.97. The molecule has 0 radical (unpaired) electrons. The van der Waals surface area contributed by atoms with Gasteiger partial charge in [0.05, 0.1) is 0 Å². The van der Waals surface area contributed by atoms with Crippen molar-refractivity contribution in [2.75, 3.05) is 19.6 Å². The number of carbonyl (C=O) groups is 1. The molecule has 0 spiro atoms. The van der Waals surface area contributed by atoms with Gasteiger partial charge < -0.3 is 10.6 Å². The van der Waals surface area contributed by atoms with E-state index in [-0.39, 0.29) is 11.8 Å². The second-order valence-electron chi connectivity index (χ2n) is 3.76. The van der Waals surface area contributed by atoms with Gasteiger partial charge in [0.2, 0.25) is 5.91 Å². The van der Waals surface area contributed by atoms with Crippen molar-refractivity contribution in [2.24, 2.45) is 11.8 Å². The van der Waals surface area contributed by atoms with Gasteiger partial charge in [-0.25, -0.2) is 0 Å². The van der Waals surface area contributed by atoms with Crippen LogP contribution >= 0.6 is 0 Å². The molecule has 1 aliphatic heterocycles. The average molecular weight is 170 g/mol. The minimum absolute atomic E-state index is 0.115. The van der Waals surface area contributed by atoms with E-state index < -0.39 is 0 Å². The van der Waals surface area contributed by atoms with E-state index in [0.29, 0.717) is 0 Å². The fraction of sp³-hybridized carbons (Fsp3) is 0.889. The standard InChI is InChI=1S/C9H18N2O/c1-7(2)9(12)11-4-3-8-5-10-6-8/h7-8,10H,3-6H2,1-2H3,(H,11,12). The molecule has 3 heteroatoms. The first kappa shape index (κ1) is 9.52. The van der Waals surface area contributed by atoms with Gasteiger partial charge in [-0.3, -0.25) is 4.79 Å². The number of carbonyl (C=O) groups excluding carboxylic acids is 1. The van der Waals surface area contributed by atoms with Crippen LogP contribution in [0.5, 0.6) is 0 Å². The molecule has 0 saturated carbocycles. The molecule has 1 fully saturated rings. The normalized spacial score (nSPS) is 17.6. The molecule has 1 heterocycles. The van der Waals surface area contributed by atoms with Crippen LogP contribution in [0.4, 0.5) is 0 Å². The summed E-state index contributed by atoms with van der Waals surface area (Å²) in [5, 5.41) is 6.12. The van der Waals surface area contributed by atoms with Crippen LogP contribution in [0.1, 0.15) is 20.3 Å². The molecule has 1 amide bonds. The highest BCUT2D eigenvalue weighted by molar-refractivity contribution is 5.77. The second-order valence-corrected chi connectivity index (χ2v) is 3.76. The first-order valence-electron chi connectivity index (χ1n) is 4.68. The highest BCUT2D eigenvalue weighted by Gasteiger charge is 2.16.